The van der Waals surface area contributed by atoms with Crippen molar-refractivity contribution in [3.05, 3.63) is 29.8 Å². The number of aliphatic imine (C=N–C) groups is 1. The zero-order valence-electron chi connectivity index (χ0n) is 14.9. The largest absolute Gasteiger partial charge is 0.497 e. The zero-order chi connectivity index (χ0) is 16.5. The van der Waals surface area contributed by atoms with Crippen LogP contribution in [0.1, 0.15) is 32.3 Å². The molecule has 0 saturated carbocycles. The molecule has 1 saturated heterocycles. The number of methoxy groups -OCH3 is 1. The van der Waals surface area contributed by atoms with Gasteiger partial charge in [0.05, 0.1) is 13.7 Å². The average Bonchev–Trinajstić information content (AvgIpc) is 2.61. The predicted molar refractivity (Wildman–Crippen MR) is 110 cm³/mol. The fourth-order valence-electron chi connectivity index (χ4n) is 2.98. The van der Waals surface area contributed by atoms with Gasteiger partial charge in [0.25, 0.3) is 0 Å². The van der Waals surface area contributed by atoms with E-state index < -0.39 is 0 Å². The molecule has 0 atom stereocenters. The summed E-state index contributed by atoms with van der Waals surface area (Å²) in [4.78, 5) is 4.83. The van der Waals surface area contributed by atoms with Crippen molar-refractivity contribution in [1.29, 1.82) is 0 Å². The summed E-state index contributed by atoms with van der Waals surface area (Å²) in [6, 6.07) is 8.40. The van der Waals surface area contributed by atoms with E-state index in [1.165, 1.54) is 5.56 Å². The highest BCUT2D eigenvalue weighted by Gasteiger charge is 2.34. The fraction of sp³-hybridized carbons (Fsp3) is 0.611. The number of guanidine groups is 1. The Hall–Kier alpha value is -1.02. The van der Waals surface area contributed by atoms with Crippen LogP contribution < -0.4 is 15.4 Å². The molecule has 0 aromatic heterocycles. The maximum atomic E-state index is 5.59. The van der Waals surface area contributed by atoms with Gasteiger partial charge < -0.3 is 20.1 Å². The fourth-order valence-corrected chi connectivity index (χ4v) is 2.98. The van der Waals surface area contributed by atoms with Gasteiger partial charge in [-0.1, -0.05) is 12.1 Å². The Labute approximate surface area is 162 Å². The Kier molecular flexibility index (Phi) is 9.43. The van der Waals surface area contributed by atoms with Crippen LogP contribution in [-0.2, 0) is 10.2 Å². The minimum absolute atomic E-state index is 0. The van der Waals surface area contributed by atoms with Crippen LogP contribution in [0.15, 0.2) is 29.3 Å². The van der Waals surface area contributed by atoms with Crippen LogP contribution in [0, 0.1) is 0 Å². The lowest BCUT2D eigenvalue weighted by molar-refractivity contribution is 0.0531. The topological polar surface area (TPSA) is 54.9 Å². The second kappa shape index (κ2) is 10.8. The van der Waals surface area contributed by atoms with Crippen molar-refractivity contribution in [3.63, 3.8) is 0 Å². The zero-order valence-corrected chi connectivity index (χ0v) is 17.3. The van der Waals surface area contributed by atoms with Gasteiger partial charge in [-0.15, -0.1) is 24.0 Å². The van der Waals surface area contributed by atoms with Crippen molar-refractivity contribution < 1.29 is 9.47 Å². The van der Waals surface area contributed by atoms with Crippen LogP contribution >= 0.6 is 24.0 Å². The number of halogens is 1. The summed E-state index contributed by atoms with van der Waals surface area (Å²) < 4.78 is 10.9. The number of nitrogens with one attached hydrogen (secondary N) is 2. The van der Waals surface area contributed by atoms with Crippen LogP contribution in [0.4, 0.5) is 0 Å². The second-order valence-electron chi connectivity index (χ2n) is 5.85. The van der Waals surface area contributed by atoms with Crippen LogP contribution in [0.3, 0.4) is 0 Å². The standard InChI is InChI=1S/C18H29N3O2.HI/c1-4-19-17(20-5-2)21-14-18(10-12-23-13-11-18)15-6-8-16(22-3)9-7-15;/h6-9H,4-5,10-14H2,1-3H3,(H2,19,20,21);1H. The Balaban J connectivity index is 0.00000288. The number of hydrogen-bond donors (Lipinski definition) is 2. The highest BCUT2D eigenvalue weighted by molar-refractivity contribution is 14.0. The van der Waals surface area contributed by atoms with E-state index in [2.05, 4.69) is 36.6 Å². The molecule has 0 amide bonds. The number of ether oxygens (including phenoxy) is 2. The van der Waals surface area contributed by atoms with Gasteiger partial charge in [0.1, 0.15) is 5.75 Å². The van der Waals surface area contributed by atoms with Crippen molar-refractivity contribution >= 4 is 29.9 Å². The maximum Gasteiger partial charge on any atom is 0.191 e. The van der Waals surface area contributed by atoms with Crippen LogP contribution in [0.25, 0.3) is 0 Å². The number of benzene rings is 1. The van der Waals surface area contributed by atoms with Gasteiger partial charge in [-0.05, 0) is 44.4 Å². The van der Waals surface area contributed by atoms with Gasteiger partial charge in [-0.25, -0.2) is 0 Å². The van der Waals surface area contributed by atoms with E-state index in [1.54, 1.807) is 7.11 Å². The molecule has 1 aliphatic heterocycles. The third kappa shape index (κ3) is 5.51. The van der Waals surface area contributed by atoms with E-state index in [0.29, 0.717) is 0 Å². The first kappa shape index (κ1) is 21.0. The smallest absolute Gasteiger partial charge is 0.191 e. The number of rotatable bonds is 6. The minimum Gasteiger partial charge on any atom is -0.497 e. The van der Waals surface area contributed by atoms with Gasteiger partial charge in [0.2, 0.25) is 0 Å². The summed E-state index contributed by atoms with van der Waals surface area (Å²) in [6.07, 6.45) is 1.99. The molecule has 0 radical (unpaired) electrons. The third-order valence-electron chi connectivity index (χ3n) is 4.38. The summed E-state index contributed by atoms with van der Waals surface area (Å²) in [7, 11) is 1.70. The lowest BCUT2D eigenvalue weighted by Gasteiger charge is -2.36. The molecule has 1 fully saturated rings. The number of nitrogens with zero attached hydrogens (tertiary/aromatic N) is 1. The molecule has 5 nitrogen and oxygen atoms in total. The minimum atomic E-state index is 0. The summed E-state index contributed by atoms with van der Waals surface area (Å²) in [5.74, 6) is 1.77. The van der Waals surface area contributed by atoms with Gasteiger partial charge in [-0.3, -0.25) is 4.99 Å². The van der Waals surface area contributed by atoms with E-state index in [1.807, 2.05) is 12.1 Å². The van der Waals surface area contributed by atoms with E-state index in [0.717, 1.165) is 57.4 Å². The van der Waals surface area contributed by atoms with Crippen molar-refractivity contribution in [1.82, 2.24) is 10.6 Å². The molecule has 0 spiro atoms. The normalized spacial score (nSPS) is 15.8. The summed E-state index contributed by atoms with van der Waals surface area (Å²) in [6.45, 7) is 8.24. The summed E-state index contributed by atoms with van der Waals surface area (Å²) >= 11 is 0. The molecule has 0 unspecified atom stereocenters. The van der Waals surface area contributed by atoms with Crippen LogP contribution in [0.2, 0.25) is 0 Å². The van der Waals surface area contributed by atoms with Crippen molar-refractivity contribution in [3.8, 4) is 5.75 Å². The SMILES string of the molecule is CCNC(=NCC1(c2ccc(OC)cc2)CCOCC1)NCC.I. The average molecular weight is 447 g/mol. The molecule has 24 heavy (non-hydrogen) atoms. The van der Waals surface area contributed by atoms with Crippen molar-refractivity contribution in [2.45, 2.75) is 32.1 Å². The Morgan fingerprint density at radius 2 is 1.71 bits per heavy atom. The monoisotopic (exact) mass is 447 g/mol. The van der Waals surface area contributed by atoms with Gasteiger partial charge in [0.15, 0.2) is 5.96 Å². The lowest BCUT2D eigenvalue weighted by atomic mass is 9.74. The summed E-state index contributed by atoms with van der Waals surface area (Å²) in [5.41, 5.74) is 1.36. The van der Waals surface area contributed by atoms with E-state index in [4.69, 9.17) is 14.5 Å². The Bertz CT molecular complexity index is 491. The molecule has 0 bridgehead atoms. The molecule has 1 heterocycles. The molecule has 1 aromatic carbocycles. The van der Waals surface area contributed by atoms with E-state index >= 15 is 0 Å². The predicted octanol–water partition coefficient (Wildman–Crippen LogP) is 2.94. The molecule has 136 valence electrons. The molecule has 1 aromatic rings. The molecular formula is C18H30IN3O2. The molecule has 0 aliphatic carbocycles. The molecule has 6 heteroatoms. The lowest BCUT2D eigenvalue weighted by Crippen LogP contribution is -2.41. The first-order chi connectivity index (χ1) is 11.2. The molecule has 1 aliphatic rings. The third-order valence-corrected chi connectivity index (χ3v) is 4.38. The quantitative estimate of drug-likeness (QED) is 0.400. The van der Waals surface area contributed by atoms with Crippen molar-refractivity contribution in [2.24, 2.45) is 4.99 Å². The summed E-state index contributed by atoms with van der Waals surface area (Å²) in [5, 5.41) is 6.60. The van der Waals surface area contributed by atoms with Gasteiger partial charge in [0, 0.05) is 31.7 Å². The molecule has 2 rings (SSSR count). The first-order valence-corrected chi connectivity index (χ1v) is 8.48. The maximum absolute atomic E-state index is 5.59. The number of hydrogen-bond acceptors (Lipinski definition) is 3. The Morgan fingerprint density at radius 3 is 2.21 bits per heavy atom. The second-order valence-corrected chi connectivity index (χ2v) is 5.85. The van der Waals surface area contributed by atoms with Crippen molar-refractivity contribution in [2.75, 3.05) is 40.0 Å². The highest BCUT2D eigenvalue weighted by atomic mass is 127. The van der Waals surface area contributed by atoms with Gasteiger partial charge >= 0.3 is 0 Å². The first-order valence-electron chi connectivity index (χ1n) is 8.48. The van der Waals surface area contributed by atoms with Crippen LogP contribution in [0.5, 0.6) is 5.75 Å². The molecule has 2 N–H and O–H groups in total. The van der Waals surface area contributed by atoms with Gasteiger partial charge in [-0.2, -0.15) is 0 Å². The Morgan fingerprint density at radius 1 is 1.12 bits per heavy atom. The highest BCUT2D eigenvalue weighted by Crippen LogP contribution is 2.36. The van der Waals surface area contributed by atoms with Crippen LogP contribution in [-0.4, -0.2) is 45.9 Å². The van der Waals surface area contributed by atoms with E-state index in [-0.39, 0.29) is 29.4 Å². The molecular weight excluding hydrogens is 417 g/mol. The van der Waals surface area contributed by atoms with E-state index in [9.17, 15) is 0 Å².